The summed E-state index contributed by atoms with van der Waals surface area (Å²) in [5.41, 5.74) is 0. The van der Waals surface area contributed by atoms with Crippen molar-refractivity contribution in [2.75, 3.05) is 32.6 Å². The van der Waals surface area contributed by atoms with E-state index >= 15 is 0 Å². The number of carbonyl (C=O) groups excluding carboxylic acids is 1. The summed E-state index contributed by atoms with van der Waals surface area (Å²) in [5, 5.41) is 6.17. The summed E-state index contributed by atoms with van der Waals surface area (Å²) in [6, 6.07) is 0.104. The van der Waals surface area contributed by atoms with Crippen LogP contribution >= 0.6 is 0 Å². The van der Waals surface area contributed by atoms with Gasteiger partial charge in [-0.1, -0.05) is 6.92 Å². The number of ether oxygens (including phenoxy) is 1. The van der Waals surface area contributed by atoms with E-state index in [1.54, 1.807) is 6.26 Å². The maximum Gasteiger partial charge on any atom is 0.227 e. The predicted octanol–water partition coefficient (Wildman–Crippen LogP) is -0.116. The summed E-state index contributed by atoms with van der Waals surface area (Å²) < 4.78 is 16.6. The van der Waals surface area contributed by atoms with Gasteiger partial charge in [0.2, 0.25) is 5.91 Å². The Morgan fingerprint density at radius 3 is 2.83 bits per heavy atom. The van der Waals surface area contributed by atoms with Gasteiger partial charge in [0.25, 0.3) is 0 Å². The average molecular weight is 276 g/mol. The van der Waals surface area contributed by atoms with E-state index in [1.165, 1.54) is 0 Å². The molecule has 4 unspecified atom stereocenters. The molecular weight excluding hydrogens is 252 g/mol. The van der Waals surface area contributed by atoms with E-state index in [1.807, 2.05) is 6.92 Å². The molecule has 0 aromatic heterocycles. The van der Waals surface area contributed by atoms with Crippen LogP contribution in [0, 0.1) is 5.92 Å². The SMILES string of the molecule is CCCNC1COCC1C(=O)NCC(C)S(C)=O. The molecule has 0 spiro atoms. The highest BCUT2D eigenvalue weighted by molar-refractivity contribution is 7.84. The van der Waals surface area contributed by atoms with Crippen molar-refractivity contribution in [2.45, 2.75) is 31.6 Å². The summed E-state index contributed by atoms with van der Waals surface area (Å²) in [7, 11) is -0.903. The first kappa shape index (κ1) is 15.6. The molecule has 1 fully saturated rings. The zero-order chi connectivity index (χ0) is 13.5. The highest BCUT2D eigenvalue weighted by Crippen LogP contribution is 2.14. The third-order valence-corrected chi connectivity index (χ3v) is 4.50. The van der Waals surface area contributed by atoms with Crippen LogP contribution in [0.3, 0.4) is 0 Å². The highest BCUT2D eigenvalue weighted by atomic mass is 32.2. The van der Waals surface area contributed by atoms with Gasteiger partial charge in [-0.15, -0.1) is 0 Å². The van der Waals surface area contributed by atoms with Crippen LogP contribution in [0.25, 0.3) is 0 Å². The molecule has 0 radical (unpaired) electrons. The molecule has 1 rings (SSSR count). The lowest BCUT2D eigenvalue weighted by Gasteiger charge is -2.19. The molecule has 1 aliphatic heterocycles. The van der Waals surface area contributed by atoms with Gasteiger partial charge in [0.15, 0.2) is 0 Å². The maximum absolute atomic E-state index is 12.0. The smallest absolute Gasteiger partial charge is 0.227 e. The standard InChI is InChI=1S/C12H24N2O3S/c1-4-5-13-11-8-17-7-10(11)12(15)14-6-9(2)18(3)16/h9-11,13H,4-8H2,1-3H3,(H,14,15). The summed E-state index contributed by atoms with van der Waals surface area (Å²) in [4.78, 5) is 12.0. The zero-order valence-corrected chi connectivity index (χ0v) is 12.2. The number of hydrogen-bond donors (Lipinski definition) is 2. The molecule has 18 heavy (non-hydrogen) atoms. The molecule has 2 N–H and O–H groups in total. The average Bonchev–Trinajstić information content (AvgIpc) is 2.81. The van der Waals surface area contributed by atoms with Gasteiger partial charge in [-0.3, -0.25) is 9.00 Å². The Morgan fingerprint density at radius 1 is 1.50 bits per heavy atom. The van der Waals surface area contributed by atoms with Gasteiger partial charge in [0.1, 0.15) is 0 Å². The van der Waals surface area contributed by atoms with Crippen molar-refractivity contribution in [3.05, 3.63) is 0 Å². The Bertz CT molecular complexity index is 299. The Morgan fingerprint density at radius 2 is 2.22 bits per heavy atom. The molecule has 0 bridgehead atoms. The number of rotatable bonds is 7. The van der Waals surface area contributed by atoms with Crippen molar-refractivity contribution in [3.63, 3.8) is 0 Å². The Balaban J connectivity index is 2.37. The Hall–Kier alpha value is -0.460. The minimum absolute atomic E-state index is 0.00148. The van der Waals surface area contributed by atoms with E-state index < -0.39 is 10.8 Å². The fraction of sp³-hybridized carbons (Fsp3) is 0.917. The van der Waals surface area contributed by atoms with E-state index in [2.05, 4.69) is 17.6 Å². The van der Waals surface area contributed by atoms with E-state index in [0.29, 0.717) is 19.8 Å². The van der Waals surface area contributed by atoms with Gasteiger partial charge in [0.05, 0.1) is 19.1 Å². The van der Waals surface area contributed by atoms with Gasteiger partial charge in [-0.25, -0.2) is 0 Å². The fourth-order valence-electron chi connectivity index (χ4n) is 1.84. The molecule has 1 heterocycles. The third kappa shape index (κ3) is 4.66. The van der Waals surface area contributed by atoms with Crippen LogP contribution in [-0.2, 0) is 20.3 Å². The van der Waals surface area contributed by atoms with Gasteiger partial charge < -0.3 is 15.4 Å². The number of carbonyl (C=O) groups is 1. The van der Waals surface area contributed by atoms with E-state index in [4.69, 9.17) is 4.74 Å². The fourth-order valence-corrected chi connectivity index (χ4v) is 2.15. The summed E-state index contributed by atoms with van der Waals surface area (Å²) in [5.74, 6) is -0.132. The first-order chi connectivity index (χ1) is 8.56. The van der Waals surface area contributed by atoms with E-state index in [-0.39, 0.29) is 23.1 Å². The quantitative estimate of drug-likeness (QED) is 0.680. The van der Waals surface area contributed by atoms with Crippen LogP contribution in [-0.4, -0.2) is 54.0 Å². The van der Waals surface area contributed by atoms with Crippen LogP contribution in [0.1, 0.15) is 20.3 Å². The Labute approximate surface area is 111 Å². The molecular formula is C12H24N2O3S. The predicted molar refractivity (Wildman–Crippen MR) is 72.9 cm³/mol. The van der Waals surface area contributed by atoms with Gasteiger partial charge in [-0.2, -0.15) is 0 Å². The van der Waals surface area contributed by atoms with Crippen LogP contribution in [0.15, 0.2) is 0 Å². The van der Waals surface area contributed by atoms with Crippen LogP contribution in [0.4, 0.5) is 0 Å². The van der Waals surface area contributed by atoms with E-state index in [0.717, 1.165) is 13.0 Å². The molecule has 5 nitrogen and oxygen atoms in total. The van der Waals surface area contributed by atoms with Crippen molar-refractivity contribution in [3.8, 4) is 0 Å². The third-order valence-electron chi connectivity index (χ3n) is 3.20. The summed E-state index contributed by atoms with van der Waals surface area (Å²) in [6.45, 7) is 6.38. The van der Waals surface area contributed by atoms with Gasteiger partial charge in [-0.05, 0) is 19.9 Å². The molecule has 1 saturated heterocycles. The molecule has 4 atom stereocenters. The van der Waals surface area contributed by atoms with Crippen molar-refractivity contribution in [1.82, 2.24) is 10.6 Å². The normalized spacial score (nSPS) is 26.8. The molecule has 1 amide bonds. The van der Waals surface area contributed by atoms with Crippen LogP contribution in [0.5, 0.6) is 0 Å². The van der Waals surface area contributed by atoms with Crippen molar-refractivity contribution in [1.29, 1.82) is 0 Å². The van der Waals surface area contributed by atoms with Crippen molar-refractivity contribution in [2.24, 2.45) is 5.92 Å². The minimum Gasteiger partial charge on any atom is -0.379 e. The van der Waals surface area contributed by atoms with Gasteiger partial charge in [0, 0.05) is 34.9 Å². The zero-order valence-electron chi connectivity index (χ0n) is 11.4. The second-order valence-electron chi connectivity index (χ2n) is 4.76. The largest absolute Gasteiger partial charge is 0.379 e. The second-order valence-corrected chi connectivity index (χ2v) is 6.56. The van der Waals surface area contributed by atoms with Crippen LogP contribution in [0.2, 0.25) is 0 Å². The van der Waals surface area contributed by atoms with Gasteiger partial charge >= 0.3 is 0 Å². The first-order valence-electron chi connectivity index (χ1n) is 6.47. The lowest BCUT2D eigenvalue weighted by Crippen LogP contribution is -2.45. The highest BCUT2D eigenvalue weighted by Gasteiger charge is 2.33. The first-order valence-corrected chi connectivity index (χ1v) is 8.09. The van der Waals surface area contributed by atoms with E-state index in [9.17, 15) is 9.00 Å². The molecule has 0 aromatic carbocycles. The van der Waals surface area contributed by atoms with Crippen molar-refractivity contribution < 1.29 is 13.7 Å². The topological polar surface area (TPSA) is 67.4 Å². The monoisotopic (exact) mass is 276 g/mol. The van der Waals surface area contributed by atoms with Crippen LogP contribution < -0.4 is 10.6 Å². The number of nitrogens with one attached hydrogen (secondary N) is 2. The summed E-state index contributed by atoms with van der Waals surface area (Å²) in [6.07, 6.45) is 2.69. The molecule has 1 aliphatic rings. The Kier molecular flexibility index (Phi) is 6.81. The van der Waals surface area contributed by atoms with Crippen molar-refractivity contribution >= 4 is 16.7 Å². The minimum atomic E-state index is -0.903. The number of hydrogen-bond acceptors (Lipinski definition) is 4. The molecule has 6 heteroatoms. The second kappa shape index (κ2) is 7.86. The summed E-state index contributed by atoms with van der Waals surface area (Å²) >= 11 is 0. The molecule has 0 aliphatic carbocycles. The number of amides is 1. The lowest BCUT2D eigenvalue weighted by atomic mass is 10.0. The molecule has 0 aromatic rings. The molecule has 106 valence electrons. The lowest BCUT2D eigenvalue weighted by molar-refractivity contribution is -0.125. The molecule has 0 saturated carbocycles. The maximum atomic E-state index is 12.0.